The van der Waals surface area contributed by atoms with E-state index in [0.717, 1.165) is 0 Å². The standard InChI is InChI=1S/C11H14N4O3S/c1-15-6-11(13-7-15)19(16,17)14-9-5-8(12)3-4-10(9)18-2/h3-7,14H,12H2,1-2H3. The maximum Gasteiger partial charge on any atom is 0.281 e. The lowest BCUT2D eigenvalue weighted by molar-refractivity contribution is 0.417. The highest BCUT2D eigenvalue weighted by molar-refractivity contribution is 7.92. The highest BCUT2D eigenvalue weighted by Gasteiger charge is 2.19. The Hall–Kier alpha value is -2.22. The smallest absolute Gasteiger partial charge is 0.281 e. The third-order valence-corrected chi connectivity index (χ3v) is 3.67. The number of hydrogen-bond acceptors (Lipinski definition) is 5. The molecule has 0 amide bonds. The molecule has 1 heterocycles. The molecule has 0 aliphatic heterocycles. The van der Waals surface area contributed by atoms with Gasteiger partial charge in [-0.15, -0.1) is 0 Å². The summed E-state index contributed by atoms with van der Waals surface area (Å²) in [5.74, 6) is 0.383. The molecule has 0 spiro atoms. The summed E-state index contributed by atoms with van der Waals surface area (Å²) in [5.41, 5.74) is 6.34. The van der Waals surface area contributed by atoms with E-state index >= 15 is 0 Å². The largest absolute Gasteiger partial charge is 0.495 e. The maximum atomic E-state index is 12.1. The van der Waals surface area contributed by atoms with Crippen LogP contribution in [0.2, 0.25) is 0 Å². The van der Waals surface area contributed by atoms with Gasteiger partial charge in [0.25, 0.3) is 10.0 Å². The number of nitrogen functional groups attached to an aromatic ring is 1. The predicted octanol–water partition coefficient (Wildman–Crippen LogP) is 0.812. The number of rotatable bonds is 4. The Kier molecular flexibility index (Phi) is 3.34. The Morgan fingerprint density at radius 3 is 2.74 bits per heavy atom. The van der Waals surface area contributed by atoms with Gasteiger partial charge in [0.15, 0.2) is 5.03 Å². The molecule has 8 heteroatoms. The number of aromatic nitrogens is 2. The summed E-state index contributed by atoms with van der Waals surface area (Å²) < 4.78 is 33.2. The van der Waals surface area contributed by atoms with Crippen molar-refractivity contribution in [1.29, 1.82) is 0 Å². The third kappa shape index (κ3) is 2.79. The Bertz CT molecular complexity index is 694. The number of aryl methyl sites for hydroxylation is 1. The van der Waals surface area contributed by atoms with E-state index in [4.69, 9.17) is 10.5 Å². The molecule has 0 bridgehead atoms. The molecule has 0 unspecified atom stereocenters. The molecule has 1 aromatic heterocycles. The molecule has 0 aliphatic rings. The van der Waals surface area contributed by atoms with Crippen LogP contribution in [-0.4, -0.2) is 25.1 Å². The van der Waals surface area contributed by atoms with E-state index in [-0.39, 0.29) is 10.7 Å². The zero-order valence-electron chi connectivity index (χ0n) is 10.5. The fourth-order valence-electron chi connectivity index (χ4n) is 1.53. The predicted molar refractivity (Wildman–Crippen MR) is 71.4 cm³/mol. The number of imidazole rings is 1. The minimum absolute atomic E-state index is 0.0699. The normalized spacial score (nSPS) is 11.3. The summed E-state index contributed by atoms with van der Waals surface area (Å²) in [6.07, 6.45) is 2.81. The summed E-state index contributed by atoms with van der Waals surface area (Å²) in [6, 6.07) is 4.70. The Labute approximate surface area is 111 Å². The second kappa shape index (κ2) is 4.81. The van der Waals surface area contributed by atoms with E-state index in [1.807, 2.05) is 0 Å². The van der Waals surface area contributed by atoms with Crippen molar-refractivity contribution in [3.05, 3.63) is 30.7 Å². The lowest BCUT2D eigenvalue weighted by Gasteiger charge is -2.11. The van der Waals surface area contributed by atoms with Gasteiger partial charge in [-0.2, -0.15) is 8.42 Å². The molecule has 0 saturated heterocycles. The molecule has 0 atom stereocenters. The second-order valence-electron chi connectivity index (χ2n) is 3.94. The van der Waals surface area contributed by atoms with Crippen LogP contribution in [0.1, 0.15) is 0 Å². The molecule has 0 fully saturated rings. The number of hydrogen-bond donors (Lipinski definition) is 2. The van der Waals surface area contributed by atoms with Crippen LogP contribution in [0.5, 0.6) is 5.75 Å². The van der Waals surface area contributed by atoms with Crippen molar-refractivity contribution in [3.8, 4) is 5.75 Å². The summed E-state index contributed by atoms with van der Waals surface area (Å²) in [4.78, 5) is 3.80. The van der Waals surface area contributed by atoms with Gasteiger partial charge >= 0.3 is 0 Å². The quantitative estimate of drug-likeness (QED) is 0.808. The van der Waals surface area contributed by atoms with E-state index in [9.17, 15) is 8.42 Å². The van der Waals surface area contributed by atoms with Crippen LogP contribution in [0.25, 0.3) is 0 Å². The topological polar surface area (TPSA) is 99.2 Å². The van der Waals surface area contributed by atoms with Crippen molar-refractivity contribution < 1.29 is 13.2 Å². The molecule has 0 saturated carbocycles. The monoisotopic (exact) mass is 282 g/mol. The van der Waals surface area contributed by atoms with Crippen LogP contribution in [-0.2, 0) is 17.1 Å². The Balaban J connectivity index is 2.38. The molecular weight excluding hydrogens is 268 g/mol. The van der Waals surface area contributed by atoms with Crippen molar-refractivity contribution in [2.45, 2.75) is 5.03 Å². The van der Waals surface area contributed by atoms with Crippen LogP contribution >= 0.6 is 0 Å². The zero-order valence-corrected chi connectivity index (χ0v) is 11.3. The molecule has 2 rings (SSSR count). The summed E-state index contributed by atoms with van der Waals surface area (Å²) in [6.45, 7) is 0. The highest BCUT2D eigenvalue weighted by Crippen LogP contribution is 2.28. The van der Waals surface area contributed by atoms with Crippen LogP contribution in [0.3, 0.4) is 0 Å². The first-order chi connectivity index (χ1) is 8.92. The molecule has 19 heavy (non-hydrogen) atoms. The number of nitrogens with two attached hydrogens (primary N) is 1. The van der Waals surface area contributed by atoms with Gasteiger partial charge in [0, 0.05) is 18.9 Å². The molecule has 7 nitrogen and oxygen atoms in total. The van der Waals surface area contributed by atoms with E-state index in [2.05, 4.69) is 9.71 Å². The van der Waals surface area contributed by atoms with Crippen LogP contribution in [0.4, 0.5) is 11.4 Å². The molecule has 0 aliphatic carbocycles. The molecule has 102 valence electrons. The van der Waals surface area contributed by atoms with Crippen molar-refractivity contribution in [3.63, 3.8) is 0 Å². The van der Waals surface area contributed by atoms with Gasteiger partial charge in [-0.05, 0) is 18.2 Å². The number of nitrogens with one attached hydrogen (secondary N) is 1. The molecule has 1 aromatic carbocycles. The van der Waals surface area contributed by atoms with Gasteiger partial charge < -0.3 is 15.0 Å². The molecule has 3 N–H and O–H groups in total. The summed E-state index contributed by atoms with van der Waals surface area (Å²) in [7, 11) is -0.623. The lowest BCUT2D eigenvalue weighted by Crippen LogP contribution is -2.14. The van der Waals surface area contributed by atoms with Crippen molar-refractivity contribution in [1.82, 2.24) is 9.55 Å². The minimum Gasteiger partial charge on any atom is -0.495 e. The first-order valence-electron chi connectivity index (χ1n) is 5.36. The first kappa shape index (κ1) is 13.2. The number of anilines is 2. The number of benzene rings is 1. The van der Waals surface area contributed by atoms with Gasteiger partial charge in [0.05, 0.1) is 19.1 Å². The van der Waals surface area contributed by atoms with E-state index in [0.29, 0.717) is 11.4 Å². The number of nitrogens with zero attached hydrogens (tertiary/aromatic N) is 2. The number of sulfonamides is 1. The number of ether oxygens (including phenoxy) is 1. The van der Waals surface area contributed by atoms with Gasteiger partial charge in [0.2, 0.25) is 0 Å². The van der Waals surface area contributed by atoms with Crippen molar-refractivity contribution in [2.75, 3.05) is 17.6 Å². The number of methoxy groups -OCH3 is 1. The summed E-state index contributed by atoms with van der Waals surface area (Å²) in [5, 5.41) is -0.0699. The van der Waals surface area contributed by atoms with Gasteiger partial charge in [-0.25, -0.2) is 4.98 Å². The average molecular weight is 282 g/mol. The summed E-state index contributed by atoms with van der Waals surface area (Å²) >= 11 is 0. The van der Waals surface area contributed by atoms with Crippen molar-refractivity contribution in [2.24, 2.45) is 7.05 Å². The average Bonchev–Trinajstić information content (AvgIpc) is 2.76. The zero-order chi connectivity index (χ0) is 14.0. The SMILES string of the molecule is COc1ccc(N)cc1NS(=O)(=O)c1cn(C)cn1. The van der Waals surface area contributed by atoms with Crippen molar-refractivity contribution >= 4 is 21.4 Å². The van der Waals surface area contributed by atoms with Crippen LogP contribution in [0, 0.1) is 0 Å². The van der Waals surface area contributed by atoms with Crippen LogP contribution in [0.15, 0.2) is 35.7 Å². The fraction of sp³-hybridized carbons (Fsp3) is 0.182. The highest BCUT2D eigenvalue weighted by atomic mass is 32.2. The van der Waals surface area contributed by atoms with E-state index in [1.165, 1.54) is 25.7 Å². The maximum absolute atomic E-state index is 12.1. The minimum atomic E-state index is -3.76. The Morgan fingerprint density at radius 1 is 1.42 bits per heavy atom. The Morgan fingerprint density at radius 2 is 2.16 bits per heavy atom. The molecular formula is C11H14N4O3S. The fourth-order valence-corrected chi connectivity index (χ4v) is 2.57. The van der Waals surface area contributed by atoms with Gasteiger partial charge in [-0.1, -0.05) is 0 Å². The van der Waals surface area contributed by atoms with E-state index < -0.39 is 10.0 Å². The van der Waals surface area contributed by atoms with E-state index in [1.54, 1.807) is 23.7 Å². The molecule has 2 aromatic rings. The van der Waals surface area contributed by atoms with Crippen LogP contribution < -0.4 is 15.2 Å². The molecule has 0 radical (unpaired) electrons. The lowest BCUT2D eigenvalue weighted by atomic mass is 10.2. The van der Waals surface area contributed by atoms with Gasteiger partial charge in [-0.3, -0.25) is 4.72 Å². The van der Waals surface area contributed by atoms with Gasteiger partial charge in [0.1, 0.15) is 5.75 Å². The third-order valence-electron chi connectivity index (χ3n) is 2.42. The first-order valence-corrected chi connectivity index (χ1v) is 6.85. The second-order valence-corrected chi connectivity index (χ2v) is 5.57.